The van der Waals surface area contributed by atoms with Crippen molar-refractivity contribution >= 4 is 22.4 Å². The van der Waals surface area contributed by atoms with E-state index in [1.165, 1.54) is 0 Å². The predicted octanol–water partition coefficient (Wildman–Crippen LogP) is 2.28. The van der Waals surface area contributed by atoms with Crippen molar-refractivity contribution in [1.29, 1.82) is 0 Å². The molecule has 0 aliphatic rings. The van der Waals surface area contributed by atoms with Gasteiger partial charge in [-0.05, 0) is 12.1 Å². The highest BCUT2D eigenvalue weighted by atomic mass is 32.1. The Bertz CT molecular complexity index is 333. The topological polar surface area (TPSA) is 55.2 Å². The Morgan fingerprint density at radius 3 is 3.07 bits per heavy atom. The molecule has 0 radical (unpaired) electrons. The summed E-state index contributed by atoms with van der Waals surface area (Å²) in [4.78, 5) is 10.0. The van der Waals surface area contributed by atoms with Gasteiger partial charge in [-0.3, -0.25) is 10.1 Å². The van der Waals surface area contributed by atoms with Crippen molar-refractivity contribution < 1.29 is 4.92 Å². The van der Waals surface area contributed by atoms with Crippen LogP contribution in [-0.2, 0) is 0 Å². The van der Waals surface area contributed by atoms with Crippen LogP contribution in [0.3, 0.4) is 0 Å². The third-order valence-corrected chi connectivity index (χ3v) is 2.51. The predicted molar refractivity (Wildman–Crippen MR) is 58.6 cm³/mol. The Labute approximate surface area is 86.4 Å². The van der Waals surface area contributed by atoms with Gasteiger partial charge in [-0.15, -0.1) is 0 Å². The van der Waals surface area contributed by atoms with Crippen molar-refractivity contribution in [2.45, 2.75) is 6.92 Å². The molecule has 1 aromatic heterocycles. The Morgan fingerprint density at radius 2 is 2.50 bits per heavy atom. The van der Waals surface area contributed by atoms with E-state index in [9.17, 15) is 10.1 Å². The Balaban J connectivity index is 2.51. The van der Waals surface area contributed by atoms with Crippen LogP contribution >= 0.6 is 11.3 Å². The molecule has 4 nitrogen and oxygen atoms in total. The summed E-state index contributed by atoms with van der Waals surface area (Å²) in [6, 6.07) is 1.58. The number of hydrogen-bond acceptors (Lipinski definition) is 4. The van der Waals surface area contributed by atoms with Crippen molar-refractivity contribution in [2.75, 3.05) is 13.1 Å². The first kappa shape index (κ1) is 10.9. The van der Waals surface area contributed by atoms with Gasteiger partial charge in [0.05, 0.1) is 4.92 Å². The van der Waals surface area contributed by atoms with Crippen molar-refractivity contribution in [3.63, 3.8) is 0 Å². The molecule has 1 rings (SSSR count). The molecule has 14 heavy (non-hydrogen) atoms. The molecule has 0 unspecified atom stereocenters. The molecule has 5 heteroatoms. The first-order valence-corrected chi connectivity index (χ1v) is 5.22. The van der Waals surface area contributed by atoms with Gasteiger partial charge in [0, 0.05) is 18.0 Å². The second-order valence-electron chi connectivity index (χ2n) is 2.69. The first-order chi connectivity index (χ1) is 6.74. The molecular weight excluding hydrogens is 200 g/mol. The number of nitro groups is 1. The van der Waals surface area contributed by atoms with E-state index in [0.29, 0.717) is 0 Å². The number of likely N-dealkylation sites (N-methyl/N-ethyl adjacent to an activating group) is 1. The Morgan fingerprint density at radius 1 is 1.71 bits per heavy atom. The van der Waals surface area contributed by atoms with Crippen LogP contribution in [0.2, 0.25) is 0 Å². The Kier molecular flexibility index (Phi) is 4.28. The molecule has 1 aromatic rings. The standard InChI is InChI=1S/C9H12N2O2S/c1-2-10-5-3-4-8-6-9(11(12)13)14-7-8/h3-4,6-7,10H,2,5H2,1H3. The van der Waals surface area contributed by atoms with Gasteiger partial charge in [0.15, 0.2) is 0 Å². The lowest BCUT2D eigenvalue weighted by Crippen LogP contribution is -2.11. The molecular formula is C9H12N2O2S. The van der Waals surface area contributed by atoms with E-state index < -0.39 is 0 Å². The fourth-order valence-electron chi connectivity index (χ4n) is 0.945. The quantitative estimate of drug-likeness (QED) is 0.463. The molecule has 0 aliphatic carbocycles. The molecule has 76 valence electrons. The zero-order chi connectivity index (χ0) is 10.4. The lowest BCUT2D eigenvalue weighted by Gasteiger charge is -1.91. The zero-order valence-electron chi connectivity index (χ0n) is 7.90. The van der Waals surface area contributed by atoms with Crippen LogP contribution < -0.4 is 5.32 Å². The van der Waals surface area contributed by atoms with E-state index in [2.05, 4.69) is 5.32 Å². The second-order valence-corrected chi connectivity index (χ2v) is 3.58. The zero-order valence-corrected chi connectivity index (χ0v) is 8.71. The lowest BCUT2D eigenvalue weighted by atomic mass is 10.3. The Hall–Kier alpha value is -1.20. The molecule has 0 fully saturated rings. The minimum absolute atomic E-state index is 0.188. The van der Waals surface area contributed by atoms with Gasteiger partial charge in [0.2, 0.25) is 0 Å². The summed E-state index contributed by atoms with van der Waals surface area (Å²) in [6.07, 6.45) is 3.83. The van der Waals surface area contributed by atoms with Crippen molar-refractivity contribution in [1.82, 2.24) is 5.32 Å². The summed E-state index contributed by atoms with van der Waals surface area (Å²) >= 11 is 1.15. The van der Waals surface area contributed by atoms with E-state index in [-0.39, 0.29) is 9.92 Å². The van der Waals surface area contributed by atoms with E-state index in [4.69, 9.17) is 0 Å². The van der Waals surface area contributed by atoms with Crippen LogP contribution in [0.4, 0.5) is 5.00 Å². The van der Waals surface area contributed by atoms with Gasteiger partial charge < -0.3 is 5.32 Å². The van der Waals surface area contributed by atoms with Crippen LogP contribution in [0, 0.1) is 10.1 Å². The SMILES string of the molecule is CCNCC=Cc1csc([N+](=O)[O-])c1. The monoisotopic (exact) mass is 212 g/mol. The van der Waals surface area contributed by atoms with Crippen LogP contribution in [0.15, 0.2) is 17.5 Å². The maximum atomic E-state index is 10.4. The van der Waals surface area contributed by atoms with Crippen LogP contribution in [0.25, 0.3) is 6.08 Å². The fourth-order valence-corrected chi connectivity index (χ4v) is 1.64. The van der Waals surface area contributed by atoms with Gasteiger partial charge >= 0.3 is 5.00 Å². The van der Waals surface area contributed by atoms with E-state index >= 15 is 0 Å². The molecule has 1 N–H and O–H groups in total. The third-order valence-electron chi connectivity index (χ3n) is 1.61. The largest absolute Gasteiger partial charge is 0.324 e. The summed E-state index contributed by atoms with van der Waals surface area (Å²) in [5, 5.41) is 15.5. The molecule has 0 aromatic carbocycles. The number of thiophene rings is 1. The van der Waals surface area contributed by atoms with Gasteiger partial charge in [-0.2, -0.15) is 0 Å². The summed E-state index contributed by atoms with van der Waals surface area (Å²) in [7, 11) is 0. The molecule has 1 heterocycles. The van der Waals surface area contributed by atoms with Gasteiger partial charge in [0.1, 0.15) is 0 Å². The maximum absolute atomic E-state index is 10.4. The summed E-state index contributed by atoms with van der Waals surface area (Å²) < 4.78 is 0. The minimum atomic E-state index is -0.369. The summed E-state index contributed by atoms with van der Waals surface area (Å²) in [6.45, 7) is 3.75. The number of nitrogens with zero attached hydrogens (tertiary/aromatic N) is 1. The number of rotatable bonds is 5. The smallest absolute Gasteiger partial charge is 0.314 e. The maximum Gasteiger partial charge on any atom is 0.324 e. The van der Waals surface area contributed by atoms with E-state index in [1.54, 1.807) is 11.4 Å². The fraction of sp³-hybridized carbons (Fsp3) is 0.333. The molecule has 0 bridgehead atoms. The van der Waals surface area contributed by atoms with Gasteiger partial charge in [0.25, 0.3) is 0 Å². The van der Waals surface area contributed by atoms with Gasteiger partial charge in [-0.25, -0.2) is 0 Å². The average Bonchev–Trinajstić information content (AvgIpc) is 2.61. The van der Waals surface area contributed by atoms with Crippen LogP contribution in [0.1, 0.15) is 12.5 Å². The van der Waals surface area contributed by atoms with Crippen LogP contribution in [-0.4, -0.2) is 18.0 Å². The molecule has 0 spiro atoms. The molecule has 0 aliphatic heterocycles. The highest BCUT2D eigenvalue weighted by Gasteiger charge is 2.06. The first-order valence-electron chi connectivity index (χ1n) is 4.34. The van der Waals surface area contributed by atoms with Crippen molar-refractivity contribution in [3.05, 3.63) is 33.2 Å². The van der Waals surface area contributed by atoms with Crippen LogP contribution in [0.5, 0.6) is 0 Å². The molecule has 0 atom stereocenters. The van der Waals surface area contributed by atoms with E-state index in [1.807, 2.05) is 19.1 Å². The highest BCUT2D eigenvalue weighted by Crippen LogP contribution is 2.23. The van der Waals surface area contributed by atoms with Crippen molar-refractivity contribution in [2.24, 2.45) is 0 Å². The van der Waals surface area contributed by atoms with E-state index in [0.717, 1.165) is 30.0 Å². The summed E-state index contributed by atoms with van der Waals surface area (Å²) in [5.74, 6) is 0. The third kappa shape index (κ3) is 3.27. The average molecular weight is 212 g/mol. The molecule has 0 saturated carbocycles. The second kappa shape index (κ2) is 5.51. The minimum Gasteiger partial charge on any atom is -0.314 e. The van der Waals surface area contributed by atoms with Gasteiger partial charge in [-0.1, -0.05) is 30.4 Å². The normalized spacial score (nSPS) is 10.9. The number of nitrogens with one attached hydrogen (secondary N) is 1. The van der Waals surface area contributed by atoms with Crippen molar-refractivity contribution in [3.8, 4) is 0 Å². The molecule has 0 saturated heterocycles. The lowest BCUT2D eigenvalue weighted by molar-refractivity contribution is -0.380. The summed E-state index contributed by atoms with van der Waals surface area (Å²) in [5.41, 5.74) is 0.889. The highest BCUT2D eigenvalue weighted by molar-refractivity contribution is 7.13. The molecule has 0 amide bonds. The number of hydrogen-bond donors (Lipinski definition) is 1.